The molecule has 1 atom stereocenters. The number of hydrogen-bond donors (Lipinski definition) is 1. The first kappa shape index (κ1) is 21.3. The van der Waals surface area contributed by atoms with E-state index in [1.54, 1.807) is 7.11 Å². The Morgan fingerprint density at radius 3 is 2.34 bits per heavy atom. The molecule has 1 amide bonds. The van der Waals surface area contributed by atoms with Crippen LogP contribution in [0.1, 0.15) is 30.9 Å². The number of carbonyl (C=O) groups excluding carboxylic acids is 1. The Hall–Kier alpha value is -2.37. The molecular weight excluding hydrogens is 362 g/mol. The van der Waals surface area contributed by atoms with Gasteiger partial charge in [-0.3, -0.25) is 9.69 Å². The zero-order valence-corrected chi connectivity index (χ0v) is 17.8. The molecule has 1 heterocycles. The summed E-state index contributed by atoms with van der Waals surface area (Å²) in [5, 5.41) is 3.10. The van der Waals surface area contributed by atoms with Crippen LogP contribution >= 0.6 is 0 Å². The average molecular weight is 396 g/mol. The third-order valence-corrected chi connectivity index (χ3v) is 5.72. The summed E-state index contributed by atoms with van der Waals surface area (Å²) < 4.78 is 5.21. The number of anilines is 1. The smallest absolute Gasteiger partial charge is 0.246 e. The van der Waals surface area contributed by atoms with Gasteiger partial charge in [-0.25, -0.2) is 0 Å². The molecule has 0 aliphatic carbocycles. The lowest BCUT2D eigenvalue weighted by Crippen LogP contribution is -2.42. The molecule has 0 radical (unpaired) electrons. The quantitative estimate of drug-likeness (QED) is 0.733. The summed E-state index contributed by atoms with van der Waals surface area (Å²) in [5.74, 6) is 1.55. The Kier molecular flexibility index (Phi) is 7.67. The van der Waals surface area contributed by atoms with Crippen LogP contribution in [0.15, 0.2) is 54.6 Å². The van der Waals surface area contributed by atoms with Gasteiger partial charge in [-0.2, -0.15) is 0 Å². The fraction of sp³-hybridized carbons (Fsp3) is 0.458. The van der Waals surface area contributed by atoms with Crippen molar-refractivity contribution in [3.63, 3.8) is 0 Å². The number of nitrogens with zero attached hydrogens (tertiary/aromatic N) is 2. The number of rotatable bonds is 8. The van der Waals surface area contributed by atoms with E-state index in [0.29, 0.717) is 0 Å². The zero-order chi connectivity index (χ0) is 20.6. The lowest BCUT2D eigenvalue weighted by Gasteiger charge is -2.37. The van der Waals surface area contributed by atoms with Gasteiger partial charge in [0.1, 0.15) is 11.8 Å². The van der Waals surface area contributed by atoms with Gasteiger partial charge in [0.05, 0.1) is 7.11 Å². The van der Waals surface area contributed by atoms with Crippen molar-refractivity contribution in [3.05, 3.63) is 60.2 Å². The number of ether oxygens (including phenoxy) is 1. The molecule has 0 spiro atoms. The number of hydrogen-bond acceptors (Lipinski definition) is 4. The molecule has 2 aromatic rings. The summed E-state index contributed by atoms with van der Waals surface area (Å²) in [6, 6.07) is 17.3. The van der Waals surface area contributed by atoms with Crippen LogP contribution in [0.4, 0.5) is 5.69 Å². The summed E-state index contributed by atoms with van der Waals surface area (Å²) in [6.45, 7) is 3.03. The van der Waals surface area contributed by atoms with Gasteiger partial charge >= 0.3 is 0 Å². The Morgan fingerprint density at radius 1 is 1.10 bits per heavy atom. The molecule has 1 aliphatic rings. The summed E-state index contributed by atoms with van der Waals surface area (Å²) in [6.07, 6.45) is 3.52. The van der Waals surface area contributed by atoms with E-state index in [4.69, 9.17) is 4.74 Å². The van der Waals surface area contributed by atoms with Crippen molar-refractivity contribution in [2.75, 3.05) is 46.2 Å². The molecule has 1 aliphatic heterocycles. The number of piperidine rings is 1. The highest BCUT2D eigenvalue weighted by atomic mass is 16.5. The fourth-order valence-electron chi connectivity index (χ4n) is 3.99. The van der Waals surface area contributed by atoms with Gasteiger partial charge in [-0.05, 0) is 88.7 Å². The van der Waals surface area contributed by atoms with Crippen molar-refractivity contribution in [2.45, 2.75) is 25.3 Å². The number of likely N-dealkylation sites (tertiary alicyclic amines) is 1. The van der Waals surface area contributed by atoms with E-state index in [9.17, 15) is 4.79 Å². The Bertz CT molecular complexity index is 753. The third kappa shape index (κ3) is 6.05. The number of benzene rings is 2. The van der Waals surface area contributed by atoms with Gasteiger partial charge in [0, 0.05) is 5.69 Å². The van der Waals surface area contributed by atoms with Crippen molar-refractivity contribution in [1.82, 2.24) is 9.80 Å². The van der Waals surface area contributed by atoms with Crippen molar-refractivity contribution in [3.8, 4) is 5.75 Å². The third-order valence-electron chi connectivity index (χ3n) is 5.72. The molecule has 0 saturated carbocycles. The van der Waals surface area contributed by atoms with E-state index in [-0.39, 0.29) is 11.9 Å². The van der Waals surface area contributed by atoms with Crippen LogP contribution < -0.4 is 10.1 Å². The molecule has 0 bridgehead atoms. The highest BCUT2D eigenvalue weighted by Gasteiger charge is 2.31. The van der Waals surface area contributed by atoms with Crippen LogP contribution in [0, 0.1) is 5.92 Å². The van der Waals surface area contributed by atoms with Crippen LogP contribution in [0.2, 0.25) is 0 Å². The van der Waals surface area contributed by atoms with Crippen LogP contribution in [0.3, 0.4) is 0 Å². The van der Waals surface area contributed by atoms with Crippen LogP contribution in [0.5, 0.6) is 5.75 Å². The summed E-state index contributed by atoms with van der Waals surface area (Å²) in [5.41, 5.74) is 1.84. The molecule has 2 aromatic carbocycles. The zero-order valence-electron chi connectivity index (χ0n) is 17.8. The van der Waals surface area contributed by atoms with E-state index in [1.165, 1.54) is 6.42 Å². The molecule has 5 nitrogen and oxygen atoms in total. The molecular formula is C24H33N3O2. The standard InChI is InChI=1S/C24H33N3O2/c1-26(2)16-13-19-14-17-27(18-15-19)23(20-7-5-4-6-8-20)24(28)25-21-9-11-22(29-3)12-10-21/h4-12,19,23H,13-18H2,1-3H3,(H,25,28)/t23-/m1/s1. The molecule has 3 rings (SSSR count). The minimum Gasteiger partial charge on any atom is -0.497 e. The fourth-order valence-corrected chi connectivity index (χ4v) is 3.99. The van der Waals surface area contributed by atoms with Crippen molar-refractivity contribution in [2.24, 2.45) is 5.92 Å². The monoisotopic (exact) mass is 395 g/mol. The van der Waals surface area contributed by atoms with Gasteiger partial charge in [-0.1, -0.05) is 30.3 Å². The average Bonchev–Trinajstić information content (AvgIpc) is 2.74. The maximum atomic E-state index is 13.3. The van der Waals surface area contributed by atoms with Gasteiger partial charge in [0.15, 0.2) is 0 Å². The Balaban J connectivity index is 1.69. The van der Waals surface area contributed by atoms with Crippen LogP contribution in [0.25, 0.3) is 0 Å². The number of carbonyl (C=O) groups is 1. The van der Waals surface area contributed by atoms with Gasteiger partial charge in [0.25, 0.3) is 0 Å². The van der Waals surface area contributed by atoms with Gasteiger partial charge < -0.3 is 15.0 Å². The highest BCUT2D eigenvalue weighted by molar-refractivity contribution is 5.95. The summed E-state index contributed by atoms with van der Waals surface area (Å²) in [7, 11) is 5.90. The van der Waals surface area contributed by atoms with Gasteiger partial charge in [-0.15, -0.1) is 0 Å². The normalized spacial score (nSPS) is 16.6. The Morgan fingerprint density at radius 2 is 1.76 bits per heavy atom. The lowest BCUT2D eigenvalue weighted by atomic mass is 9.91. The predicted octanol–water partition coefficient (Wildman–Crippen LogP) is 4.04. The molecule has 5 heteroatoms. The SMILES string of the molecule is COc1ccc(NC(=O)[C@@H](c2ccccc2)N2CCC(CCN(C)C)CC2)cc1. The van der Waals surface area contributed by atoms with E-state index in [1.807, 2.05) is 42.5 Å². The lowest BCUT2D eigenvalue weighted by molar-refractivity contribution is -0.122. The predicted molar refractivity (Wildman–Crippen MR) is 118 cm³/mol. The Labute approximate surface area is 174 Å². The second-order valence-electron chi connectivity index (χ2n) is 8.10. The molecule has 29 heavy (non-hydrogen) atoms. The van der Waals surface area contributed by atoms with Crippen LogP contribution in [-0.4, -0.2) is 56.5 Å². The van der Waals surface area contributed by atoms with E-state index >= 15 is 0 Å². The summed E-state index contributed by atoms with van der Waals surface area (Å²) >= 11 is 0. The maximum Gasteiger partial charge on any atom is 0.246 e. The molecule has 1 N–H and O–H groups in total. The molecule has 1 fully saturated rings. The van der Waals surface area contributed by atoms with Crippen molar-refractivity contribution in [1.29, 1.82) is 0 Å². The van der Waals surface area contributed by atoms with E-state index < -0.39 is 0 Å². The van der Waals surface area contributed by atoms with Crippen LogP contribution in [-0.2, 0) is 4.79 Å². The molecule has 156 valence electrons. The maximum absolute atomic E-state index is 13.3. The van der Waals surface area contributed by atoms with E-state index in [0.717, 1.165) is 55.4 Å². The second-order valence-corrected chi connectivity index (χ2v) is 8.10. The number of nitrogens with one attached hydrogen (secondary N) is 1. The molecule has 1 saturated heterocycles. The second kappa shape index (κ2) is 10.4. The van der Waals surface area contributed by atoms with Gasteiger partial charge in [0.2, 0.25) is 5.91 Å². The first-order valence-electron chi connectivity index (χ1n) is 10.5. The first-order chi connectivity index (χ1) is 14.1. The first-order valence-corrected chi connectivity index (χ1v) is 10.5. The highest BCUT2D eigenvalue weighted by Crippen LogP contribution is 2.29. The number of amides is 1. The largest absolute Gasteiger partial charge is 0.497 e. The molecule has 0 aromatic heterocycles. The topological polar surface area (TPSA) is 44.8 Å². The molecule has 0 unspecified atom stereocenters. The number of methoxy groups -OCH3 is 1. The van der Waals surface area contributed by atoms with E-state index in [2.05, 4.69) is 41.3 Å². The minimum absolute atomic E-state index is 0.0214. The minimum atomic E-state index is -0.270. The summed E-state index contributed by atoms with van der Waals surface area (Å²) in [4.78, 5) is 17.9. The van der Waals surface area contributed by atoms with Crippen molar-refractivity contribution < 1.29 is 9.53 Å². The van der Waals surface area contributed by atoms with Crippen molar-refractivity contribution >= 4 is 11.6 Å².